The largest absolute Gasteiger partial charge is 0.496 e. The average Bonchev–Trinajstić information content (AvgIpc) is 2.85. The van der Waals surface area contributed by atoms with Gasteiger partial charge in [-0.25, -0.2) is 9.97 Å². The summed E-state index contributed by atoms with van der Waals surface area (Å²) in [6.45, 7) is 2.49. The lowest BCUT2D eigenvalue weighted by Gasteiger charge is -2.39. The van der Waals surface area contributed by atoms with E-state index in [4.69, 9.17) is 4.74 Å². The second-order valence-electron chi connectivity index (χ2n) is 9.46. The minimum Gasteiger partial charge on any atom is -0.496 e. The van der Waals surface area contributed by atoms with Crippen LogP contribution in [-0.2, 0) is 12.0 Å². The SMILES string of the molecule is COc1ccc(-c2cncnc2)cc1C(C)(C)CC(O)(Cn1ccc(=O)c2ccccc21)C(F)(F)F. The van der Waals surface area contributed by atoms with E-state index in [1.807, 2.05) is 0 Å². The van der Waals surface area contributed by atoms with Gasteiger partial charge in [-0.1, -0.05) is 32.0 Å². The molecule has 2 aromatic carbocycles. The molecule has 0 aliphatic heterocycles. The number of methoxy groups -OCH3 is 1. The minimum absolute atomic E-state index is 0.281. The normalized spacial score (nSPS) is 14.0. The van der Waals surface area contributed by atoms with Gasteiger partial charge < -0.3 is 14.4 Å². The van der Waals surface area contributed by atoms with E-state index >= 15 is 0 Å². The third kappa shape index (κ3) is 4.83. The average molecular weight is 498 g/mol. The first-order valence-electron chi connectivity index (χ1n) is 11.3. The van der Waals surface area contributed by atoms with Crippen molar-refractivity contribution in [3.05, 3.63) is 89.2 Å². The van der Waals surface area contributed by atoms with Crippen LogP contribution in [0.25, 0.3) is 22.0 Å². The Morgan fingerprint density at radius 2 is 1.69 bits per heavy atom. The Hall–Kier alpha value is -3.72. The monoisotopic (exact) mass is 497 g/mol. The van der Waals surface area contributed by atoms with Crippen molar-refractivity contribution in [1.82, 2.24) is 14.5 Å². The lowest BCUT2D eigenvalue weighted by atomic mass is 9.73. The van der Waals surface area contributed by atoms with Crippen LogP contribution in [0.1, 0.15) is 25.8 Å². The predicted octanol–water partition coefficient (Wildman–Crippen LogP) is 5.13. The Kier molecular flexibility index (Phi) is 6.62. The molecule has 0 aliphatic carbocycles. The van der Waals surface area contributed by atoms with Gasteiger partial charge in [0.15, 0.2) is 11.0 Å². The van der Waals surface area contributed by atoms with Crippen LogP contribution in [0.5, 0.6) is 5.75 Å². The standard InChI is InChI=1S/C27H26F3N3O3/c1-25(2,21-12-18(8-9-24(21)36-3)19-13-31-17-32-14-19)15-26(35,27(28,29)30)16-33-11-10-23(34)20-6-4-5-7-22(20)33/h4-14,17,35H,15-16H2,1-3H3. The molecule has 1 atom stereocenters. The molecule has 2 heterocycles. The number of rotatable bonds is 7. The van der Waals surface area contributed by atoms with Gasteiger partial charge in [-0.3, -0.25) is 4.79 Å². The molecule has 0 saturated carbocycles. The highest BCUT2D eigenvalue weighted by atomic mass is 19.4. The molecule has 2 aromatic heterocycles. The van der Waals surface area contributed by atoms with Crippen LogP contribution in [-0.4, -0.2) is 38.5 Å². The molecule has 6 nitrogen and oxygen atoms in total. The quantitative estimate of drug-likeness (QED) is 0.383. The predicted molar refractivity (Wildman–Crippen MR) is 131 cm³/mol. The molecule has 1 unspecified atom stereocenters. The molecule has 0 amide bonds. The van der Waals surface area contributed by atoms with Crippen LogP contribution in [0, 0.1) is 0 Å². The molecule has 4 aromatic rings. The maximum absolute atomic E-state index is 14.5. The van der Waals surface area contributed by atoms with Crippen molar-refractivity contribution < 1.29 is 23.0 Å². The number of pyridine rings is 1. The Labute approximate surface area is 206 Å². The summed E-state index contributed by atoms with van der Waals surface area (Å²) in [4.78, 5) is 20.2. The van der Waals surface area contributed by atoms with E-state index in [0.717, 1.165) is 0 Å². The summed E-state index contributed by atoms with van der Waals surface area (Å²) in [5.74, 6) is 0.402. The molecule has 4 rings (SSSR count). The summed E-state index contributed by atoms with van der Waals surface area (Å²) in [5.41, 5.74) is -2.36. The number of benzene rings is 2. The Morgan fingerprint density at radius 3 is 2.36 bits per heavy atom. The Bertz CT molecular complexity index is 1440. The smallest absolute Gasteiger partial charge is 0.418 e. The van der Waals surface area contributed by atoms with Crippen LogP contribution in [0.15, 0.2) is 78.2 Å². The van der Waals surface area contributed by atoms with E-state index in [0.29, 0.717) is 28.0 Å². The van der Waals surface area contributed by atoms with Crippen molar-refractivity contribution in [2.24, 2.45) is 0 Å². The van der Waals surface area contributed by atoms with Gasteiger partial charge in [0.05, 0.1) is 19.2 Å². The number of hydrogen-bond acceptors (Lipinski definition) is 5. The van der Waals surface area contributed by atoms with Gasteiger partial charge in [0, 0.05) is 41.2 Å². The van der Waals surface area contributed by atoms with Crippen molar-refractivity contribution in [2.75, 3.05) is 7.11 Å². The topological polar surface area (TPSA) is 77.2 Å². The third-order valence-corrected chi connectivity index (χ3v) is 6.40. The maximum atomic E-state index is 14.5. The van der Waals surface area contributed by atoms with E-state index in [-0.39, 0.29) is 10.8 Å². The zero-order valence-corrected chi connectivity index (χ0v) is 20.1. The second kappa shape index (κ2) is 9.39. The molecule has 0 radical (unpaired) electrons. The fourth-order valence-electron chi connectivity index (χ4n) is 4.62. The molecule has 0 spiro atoms. The third-order valence-electron chi connectivity index (χ3n) is 6.40. The van der Waals surface area contributed by atoms with Crippen LogP contribution < -0.4 is 10.2 Å². The maximum Gasteiger partial charge on any atom is 0.418 e. The second-order valence-corrected chi connectivity index (χ2v) is 9.46. The van der Waals surface area contributed by atoms with E-state index < -0.39 is 30.2 Å². The molecule has 9 heteroatoms. The number of aromatic nitrogens is 3. The van der Waals surface area contributed by atoms with E-state index in [1.165, 1.54) is 30.3 Å². The molecular weight excluding hydrogens is 471 g/mol. The number of fused-ring (bicyclic) bond motifs is 1. The number of alkyl halides is 3. The summed E-state index contributed by atoms with van der Waals surface area (Å²) < 4.78 is 50.2. The fourth-order valence-corrected chi connectivity index (χ4v) is 4.62. The summed E-state index contributed by atoms with van der Waals surface area (Å²) >= 11 is 0. The van der Waals surface area contributed by atoms with Gasteiger partial charge >= 0.3 is 6.18 Å². The molecule has 1 N–H and O–H groups in total. The highest BCUT2D eigenvalue weighted by molar-refractivity contribution is 5.78. The van der Waals surface area contributed by atoms with Crippen molar-refractivity contribution in [3.8, 4) is 16.9 Å². The van der Waals surface area contributed by atoms with Crippen molar-refractivity contribution >= 4 is 10.9 Å². The first-order chi connectivity index (χ1) is 16.9. The summed E-state index contributed by atoms with van der Waals surface area (Å²) in [5, 5.41) is 11.5. The van der Waals surface area contributed by atoms with Gasteiger partial charge in [-0.05, 0) is 41.7 Å². The van der Waals surface area contributed by atoms with Gasteiger partial charge in [0.25, 0.3) is 0 Å². The lowest BCUT2D eigenvalue weighted by Crippen LogP contribution is -2.52. The van der Waals surface area contributed by atoms with E-state index in [2.05, 4.69) is 9.97 Å². The summed E-state index contributed by atoms with van der Waals surface area (Å²) in [6, 6.07) is 12.8. The molecule has 36 heavy (non-hydrogen) atoms. The number of para-hydroxylation sites is 1. The molecule has 0 aliphatic rings. The summed E-state index contributed by atoms with van der Waals surface area (Å²) in [7, 11) is 1.45. The molecular formula is C27H26F3N3O3. The van der Waals surface area contributed by atoms with Crippen molar-refractivity contribution in [3.63, 3.8) is 0 Å². The molecule has 0 bridgehead atoms. The highest BCUT2D eigenvalue weighted by Gasteiger charge is 2.56. The van der Waals surface area contributed by atoms with Crippen molar-refractivity contribution in [1.29, 1.82) is 0 Å². The van der Waals surface area contributed by atoms with Crippen LogP contribution in [0.3, 0.4) is 0 Å². The highest BCUT2D eigenvalue weighted by Crippen LogP contribution is 2.45. The first kappa shape index (κ1) is 25.4. The molecule has 0 saturated heterocycles. The number of halogens is 3. The Balaban J connectivity index is 1.78. The van der Waals surface area contributed by atoms with Gasteiger partial charge in [-0.2, -0.15) is 13.2 Å². The molecule has 0 fully saturated rings. The fraction of sp³-hybridized carbons (Fsp3) is 0.296. The van der Waals surface area contributed by atoms with Gasteiger partial charge in [-0.15, -0.1) is 0 Å². The van der Waals surface area contributed by atoms with Gasteiger partial charge in [0.1, 0.15) is 12.1 Å². The van der Waals surface area contributed by atoms with Crippen LogP contribution >= 0.6 is 0 Å². The number of ether oxygens (including phenoxy) is 1. The van der Waals surface area contributed by atoms with Crippen LogP contribution in [0.2, 0.25) is 0 Å². The van der Waals surface area contributed by atoms with Gasteiger partial charge in [0.2, 0.25) is 0 Å². The number of nitrogens with zero attached hydrogens (tertiary/aromatic N) is 3. The minimum atomic E-state index is -4.95. The lowest BCUT2D eigenvalue weighted by molar-refractivity contribution is -0.271. The molecule has 188 valence electrons. The van der Waals surface area contributed by atoms with E-state index in [1.54, 1.807) is 68.7 Å². The Morgan fingerprint density at radius 1 is 1.00 bits per heavy atom. The summed E-state index contributed by atoms with van der Waals surface area (Å²) in [6.07, 6.45) is 0.285. The van der Waals surface area contributed by atoms with Crippen LogP contribution in [0.4, 0.5) is 13.2 Å². The zero-order valence-electron chi connectivity index (χ0n) is 20.1. The number of hydrogen-bond donors (Lipinski definition) is 1. The number of aliphatic hydroxyl groups is 1. The van der Waals surface area contributed by atoms with E-state index in [9.17, 15) is 23.1 Å². The van der Waals surface area contributed by atoms with Crippen molar-refractivity contribution in [2.45, 2.75) is 44.0 Å². The first-order valence-corrected chi connectivity index (χ1v) is 11.3. The zero-order chi connectivity index (χ0) is 26.1.